The number of nitrogens with one attached hydrogen (secondary N) is 1. The van der Waals surface area contributed by atoms with Gasteiger partial charge in [0.05, 0.1) is 5.56 Å². The highest BCUT2D eigenvalue weighted by molar-refractivity contribution is 5.69. The number of aromatic nitrogens is 1. The van der Waals surface area contributed by atoms with Crippen LogP contribution in [0, 0.1) is 32.1 Å². The summed E-state index contributed by atoms with van der Waals surface area (Å²) in [4.78, 5) is 4.48. The molecule has 0 fully saturated rings. The maximum atomic E-state index is 9.33. The molecule has 1 N–H and O–H groups in total. The minimum Gasteiger partial charge on any atom is -0.339 e. The summed E-state index contributed by atoms with van der Waals surface area (Å²) in [5.74, 6) is 0.647. The van der Waals surface area contributed by atoms with Gasteiger partial charge < -0.3 is 5.32 Å². The van der Waals surface area contributed by atoms with Crippen molar-refractivity contribution >= 4 is 11.5 Å². The van der Waals surface area contributed by atoms with Crippen LogP contribution in [0.5, 0.6) is 0 Å². The molecule has 0 atom stereocenters. The molecule has 2 rings (SSSR count). The van der Waals surface area contributed by atoms with Gasteiger partial charge in [0.15, 0.2) is 0 Å². The summed E-state index contributed by atoms with van der Waals surface area (Å²) >= 11 is 0. The van der Waals surface area contributed by atoms with Crippen molar-refractivity contribution in [2.75, 3.05) is 5.32 Å². The molecular weight excluding hydrogens is 246 g/mol. The predicted molar refractivity (Wildman–Crippen MR) is 82.3 cm³/mol. The Balaban J connectivity index is 2.54. The third-order valence-electron chi connectivity index (χ3n) is 3.44. The van der Waals surface area contributed by atoms with E-state index in [0.717, 1.165) is 28.9 Å². The average Bonchev–Trinajstić information content (AvgIpc) is 2.40. The van der Waals surface area contributed by atoms with Crippen LogP contribution in [0.3, 0.4) is 0 Å². The van der Waals surface area contributed by atoms with E-state index in [1.165, 1.54) is 5.56 Å². The van der Waals surface area contributed by atoms with Gasteiger partial charge >= 0.3 is 0 Å². The summed E-state index contributed by atoms with van der Waals surface area (Å²) < 4.78 is 0. The van der Waals surface area contributed by atoms with Crippen molar-refractivity contribution in [2.24, 2.45) is 0 Å². The maximum Gasteiger partial charge on any atom is 0.148 e. The van der Waals surface area contributed by atoms with Crippen molar-refractivity contribution in [3.63, 3.8) is 0 Å². The molecule has 0 radical (unpaired) electrons. The lowest BCUT2D eigenvalue weighted by atomic mass is 10.0. The van der Waals surface area contributed by atoms with Crippen molar-refractivity contribution < 1.29 is 0 Å². The highest BCUT2D eigenvalue weighted by Crippen LogP contribution is 2.27. The molecule has 0 saturated heterocycles. The van der Waals surface area contributed by atoms with Gasteiger partial charge in [-0.1, -0.05) is 25.1 Å². The zero-order valence-corrected chi connectivity index (χ0v) is 12.4. The van der Waals surface area contributed by atoms with Gasteiger partial charge in [0, 0.05) is 11.4 Å². The summed E-state index contributed by atoms with van der Waals surface area (Å²) in [7, 11) is 0. The predicted octanol–water partition coefficient (Wildman–Crippen LogP) is 4.18. The highest BCUT2D eigenvalue weighted by atomic mass is 15.0. The second kappa shape index (κ2) is 5.75. The molecule has 20 heavy (non-hydrogen) atoms. The first-order valence-corrected chi connectivity index (χ1v) is 6.80. The van der Waals surface area contributed by atoms with Gasteiger partial charge in [-0.3, -0.25) is 0 Å². The van der Waals surface area contributed by atoms with Gasteiger partial charge in [-0.25, -0.2) is 4.98 Å². The monoisotopic (exact) mass is 265 g/mol. The Morgan fingerprint density at radius 2 is 1.95 bits per heavy atom. The van der Waals surface area contributed by atoms with Gasteiger partial charge in [-0.2, -0.15) is 5.26 Å². The molecule has 1 aromatic heterocycles. The van der Waals surface area contributed by atoms with Crippen LogP contribution in [0.1, 0.15) is 34.9 Å². The molecule has 0 amide bonds. The molecule has 1 aromatic carbocycles. The van der Waals surface area contributed by atoms with Crippen LogP contribution in [0.4, 0.5) is 11.5 Å². The van der Waals surface area contributed by atoms with Crippen LogP contribution in [-0.2, 0) is 6.42 Å². The van der Waals surface area contributed by atoms with Gasteiger partial charge in [0.2, 0.25) is 0 Å². The largest absolute Gasteiger partial charge is 0.339 e. The lowest BCUT2D eigenvalue weighted by molar-refractivity contribution is 1.12. The zero-order chi connectivity index (χ0) is 14.7. The zero-order valence-electron chi connectivity index (χ0n) is 12.4. The molecule has 0 aliphatic rings. The van der Waals surface area contributed by atoms with Crippen LogP contribution in [0.25, 0.3) is 0 Å². The Bertz CT molecular complexity index is 681. The number of rotatable bonds is 3. The fourth-order valence-corrected chi connectivity index (χ4v) is 2.39. The molecule has 0 saturated carbocycles. The summed E-state index contributed by atoms with van der Waals surface area (Å²) in [5.41, 5.74) is 5.93. The highest BCUT2D eigenvalue weighted by Gasteiger charge is 2.11. The summed E-state index contributed by atoms with van der Waals surface area (Å²) in [5, 5.41) is 12.7. The first-order chi connectivity index (χ1) is 9.56. The molecule has 1 heterocycles. The lowest BCUT2D eigenvalue weighted by Crippen LogP contribution is -2.04. The molecule has 0 aliphatic carbocycles. The van der Waals surface area contributed by atoms with E-state index in [1.54, 1.807) is 0 Å². The number of para-hydroxylation sites is 1. The van der Waals surface area contributed by atoms with E-state index < -0.39 is 0 Å². The topological polar surface area (TPSA) is 48.7 Å². The molecule has 3 nitrogen and oxygen atoms in total. The SMILES string of the molecule is CCc1cccc(C)c1Nc1nc(C)cc(C)c1C#N. The van der Waals surface area contributed by atoms with Gasteiger partial charge in [0.25, 0.3) is 0 Å². The van der Waals surface area contributed by atoms with E-state index in [-0.39, 0.29) is 0 Å². The Labute approximate surface area is 120 Å². The average molecular weight is 265 g/mol. The lowest BCUT2D eigenvalue weighted by Gasteiger charge is -2.15. The third kappa shape index (κ3) is 2.65. The minimum absolute atomic E-state index is 0.612. The molecular formula is C17H19N3. The van der Waals surface area contributed by atoms with Crippen molar-refractivity contribution in [2.45, 2.75) is 34.1 Å². The maximum absolute atomic E-state index is 9.33. The Kier molecular flexibility index (Phi) is 4.05. The van der Waals surface area contributed by atoms with Crippen LogP contribution >= 0.6 is 0 Å². The molecule has 0 spiro atoms. The number of benzene rings is 1. The van der Waals surface area contributed by atoms with Gasteiger partial charge in [-0.15, -0.1) is 0 Å². The number of aryl methyl sites for hydroxylation is 4. The number of nitrogens with zero attached hydrogens (tertiary/aromatic N) is 2. The van der Waals surface area contributed by atoms with Crippen molar-refractivity contribution in [1.82, 2.24) is 4.98 Å². The van der Waals surface area contributed by atoms with E-state index in [4.69, 9.17) is 0 Å². The first-order valence-electron chi connectivity index (χ1n) is 6.80. The number of anilines is 2. The van der Waals surface area contributed by atoms with E-state index in [2.05, 4.69) is 48.4 Å². The fraction of sp³-hybridized carbons (Fsp3) is 0.294. The van der Waals surface area contributed by atoms with E-state index in [0.29, 0.717) is 11.4 Å². The third-order valence-corrected chi connectivity index (χ3v) is 3.44. The van der Waals surface area contributed by atoms with Crippen molar-refractivity contribution in [1.29, 1.82) is 5.26 Å². The van der Waals surface area contributed by atoms with Crippen molar-refractivity contribution in [3.8, 4) is 6.07 Å². The van der Waals surface area contributed by atoms with Crippen LogP contribution in [0.2, 0.25) is 0 Å². The Hall–Kier alpha value is -2.34. The van der Waals surface area contributed by atoms with Crippen LogP contribution < -0.4 is 5.32 Å². The van der Waals surface area contributed by atoms with Crippen LogP contribution in [0.15, 0.2) is 24.3 Å². The normalized spacial score (nSPS) is 10.2. The molecule has 2 aromatic rings. The molecule has 0 unspecified atom stereocenters. The Morgan fingerprint density at radius 1 is 1.20 bits per heavy atom. The number of pyridine rings is 1. The van der Waals surface area contributed by atoms with E-state index in [1.807, 2.05) is 19.9 Å². The summed E-state index contributed by atoms with van der Waals surface area (Å²) in [6, 6.07) is 10.4. The molecule has 0 bridgehead atoms. The fourth-order valence-electron chi connectivity index (χ4n) is 2.39. The number of hydrogen-bond donors (Lipinski definition) is 1. The Morgan fingerprint density at radius 3 is 2.60 bits per heavy atom. The quantitative estimate of drug-likeness (QED) is 0.905. The standard InChI is InChI=1S/C17H19N3/c1-5-14-8-6-7-11(2)16(14)20-17-15(10-18)12(3)9-13(4)19-17/h6-9H,5H2,1-4H3,(H,19,20). The van der Waals surface area contributed by atoms with Gasteiger partial charge in [0.1, 0.15) is 11.9 Å². The first kappa shape index (κ1) is 14.1. The van der Waals surface area contributed by atoms with Crippen LogP contribution in [-0.4, -0.2) is 4.98 Å². The van der Waals surface area contributed by atoms with Gasteiger partial charge in [-0.05, 0) is 49.9 Å². The second-order valence-corrected chi connectivity index (χ2v) is 5.00. The second-order valence-electron chi connectivity index (χ2n) is 5.00. The number of nitriles is 1. The molecule has 102 valence electrons. The molecule has 0 aliphatic heterocycles. The van der Waals surface area contributed by atoms with E-state index >= 15 is 0 Å². The van der Waals surface area contributed by atoms with E-state index in [9.17, 15) is 5.26 Å². The summed E-state index contributed by atoms with van der Waals surface area (Å²) in [6.07, 6.45) is 0.941. The number of hydrogen-bond acceptors (Lipinski definition) is 3. The smallest absolute Gasteiger partial charge is 0.148 e. The van der Waals surface area contributed by atoms with Crippen molar-refractivity contribution in [3.05, 3.63) is 52.2 Å². The minimum atomic E-state index is 0.612. The summed E-state index contributed by atoms with van der Waals surface area (Å²) in [6.45, 7) is 8.07. The molecule has 3 heteroatoms.